The number of hydrogen-bond acceptors (Lipinski definition) is 4. The molecule has 2 fully saturated rings. The van der Waals surface area contributed by atoms with Crippen molar-refractivity contribution in [1.82, 2.24) is 9.29 Å². The Labute approximate surface area is 142 Å². The van der Waals surface area contributed by atoms with Crippen LogP contribution in [-0.2, 0) is 14.8 Å². The molecule has 3 atom stereocenters. The highest BCUT2D eigenvalue weighted by Crippen LogP contribution is 2.43. The Hall–Kier alpha value is -1.76. The maximum Gasteiger partial charge on any atom is 0.260 e. The van der Waals surface area contributed by atoms with Crippen LogP contribution in [0.4, 0.5) is 0 Å². The van der Waals surface area contributed by atoms with Crippen molar-refractivity contribution in [1.29, 1.82) is 0 Å². The molecule has 0 aliphatic carbocycles. The van der Waals surface area contributed by atoms with Crippen LogP contribution in [-0.4, -0.2) is 43.5 Å². The summed E-state index contributed by atoms with van der Waals surface area (Å²) in [6, 6.07) is 15.1. The average Bonchev–Trinajstić information content (AvgIpc) is 3.04. The number of hydrogen-bond donors (Lipinski definition) is 0. The first kappa shape index (κ1) is 15.7. The summed E-state index contributed by atoms with van der Waals surface area (Å²) in [4.78, 5) is 4.07. The van der Waals surface area contributed by atoms with Crippen LogP contribution < -0.4 is 0 Å². The maximum absolute atomic E-state index is 13.1. The van der Waals surface area contributed by atoms with Gasteiger partial charge >= 0.3 is 0 Å². The zero-order valence-corrected chi connectivity index (χ0v) is 14.1. The minimum Gasteiger partial charge on any atom is -0.381 e. The third-order valence-electron chi connectivity index (χ3n) is 5.06. The van der Waals surface area contributed by atoms with Crippen molar-refractivity contribution in [3.05, 3.63) is 60.3 Å². The van der Waals surface area contributed by atoms with Crippen molar-refractivity contribution >= 4 is 10.0 Å². The second-order valence-corrected chi connectivity index (χ2v) is 8.19. The quantitative estimate of drug-likeness (QED) is 0.857. The number of rotatable bonds is 3. The summed E-state index contributed by atoms with van der Waals surface area (Å²) in [6.45, 7) is 1.71. The van der Waals surface area contributed by atoms with Crippen LogP contribution in [0.5, 0.6) is 0 Å². The lowest BCUT2D eigenvalue weighted by Crippen LogP contribution is -2.42. The van der Waals surface area contributed by atoms with Crippen LogP contribution in [0.3, 0.4) is 0 Å². The summed E-state index contributed by atoms with van der Waals surface area (Å²) in [5.74, 6) is 0.356. The van der Waals surface area contributed by atoms with Gasteiger partial charge in [-0.25, -0.2) is 13.4 Å². The molecule has 2 aliphatic rings. The summed E-state index contributed by atoms with van der Waals surface area (Å²) < 4.78 is 33.5. The molecule has 0 amide bonds. The van der Waals surface area contributed by atoms with E-state index in [9.17, 15) is 8.42 Å². The largest absolute Gasteiger partial charge is 0.381 e. The van der Waals surface area contributed by atoms with Gasteiger partial charge in [0.25, 0.3) is 10.0 Å². The van der Waals surface area contributed by atoms with Crippen molar-refractivity contribution in [2.24, 2.45) is 5.92 Å². The van der Waals surface area contributed by atoms with Crippen LogP contribution in [0.2, 0.25) is 0 Å². The van der Waals surface area contributed by atoms with Crippen LogP contribution in [0.15, 0.2) is 59.8 Å². The number of nitrogens with zero attached hydrogens (tertiary/aromatic N) is 2. The summed E-state index contributed by atoms with van der Waals surface area (Å²) in [6.07, 6.45) is 2.26. The molecule has 6 heteroatoms. The van der Waals surface area contributed by atoms with E-state index in [1.807, 2.05) is 18.2 Å². The third-order valence-corrected chi connectivity index (χ3v) is 6.87. The standard InChI is InChI=1S/C18H20N2O3S/c21-24(22,18-8-4-5-10-19-18)20-12-15(14-6-2-1-3-7-14)16-13-23-11-9-17(16)20/h1-8,10,15-17H,9,11-13H2. The molecule has 126 valence electrons. The van der Waals surface area contributed by atoms with E-state index in [0.717, 1.165) is 6.42 Å². The number of sulfonamides is 1. The van der Waals surface area contributed by atoms with Crippen molar-refractivity contribution in [2.75, 3.05) is 19.8 Å². The summed E-state index contributed by atoms with van der Waals surface area (Å²) in [5.41, 5.74) is 1.18. The molecule has 2 aromatic rings. The van der Waals surface area contributed by atoms with E-state index < -0.39 is 10.0 Å². The van der Waals surface area contributed by atoms with Crippen LogP contribution in [0.25, 0.3) is 0 Å². The molecule has 0 radical (unpaired) electrons. The average molecular weight is 344 g/mol. The fourth-order valence-electron chi connectivity index (χ4n) is 3.90. The number of aromatic nitrogens is 1. The van der Waals surface area contributed by atoms with Crippen LogP contribution in [0.1, 0.15) is 17.9 Å². The second kappa shape index (κ2) is 6.27. The first-order valence-corrected chi connectivity index (χ1v) is 9.67. The predicted molar refractivity (Wildman–Crippen MR) is 90.0 cm³/mol. The molecule has 0 saturated carbocycles. The van der Waals surface area contributed by atoms with E-state index in [4.69, 9.17) is 4.74 Å². The minimum absolute atomic E-state index is 0.0176. The Morgan fingerprint density at radius 1 is 1.08 bits per heavy atom. The van der Waals surface area contributed by atoms with Gasteiger partial charge in [-0.2, -0.15) is 4.31 Å². The van der Waals surface area contributed by atoms with Gasteiger partial charge in [-0.1, -0.05) is 36.4 Å². The Morgan fingerprint density at radius 3 is 2.62 bits per heavy atom. The second-order valence-electron chi connectivity index (χ2n) is 6.35. The molecule has 0 bridgehead atoms. The lowest BCUT2D eigenvalue weighted by molar-refractivity contribution is 0.0322. The van der Waals surface area contributed by atoms with E-state index in [1.54, 1.807) is 22.5 Å². The van der Waals surface area contributed by atoms with Gasteiger partial charge in [0.2, 0.25) is 0 Å². The van der Waals surface area contributed by atoms with Crippen molar-refractivity contribution in [3.63, 3.8) is 0 Å². The molecule has 1 aromatic carbocycles. The molecule has 3 heterocycles. The van der Waals surface area contributed by atoms with Crippen molar-refractivity contribution < 1.29 is 13.2 Å². The van der Waals surface area contributed by atoms with Gasteiger partial charge in [0, 0.05) is 37.2 Å². The predicted octanol–water partition coefficient (Wildman–Crippen LogP) is 2.27. The van der Waals surface area contributed by atoms with E-state index in [0.29, 0.717) is 19.8 Å². The molecule has 5 nitrogen and oxygen atoms in total. The Bertz CT molecular complexity index is 796. The fraction of sp³-hybridized carbons (Fsp3) is 0.389. The molecule has 2 saturated heterocycles. The monoisotopic (exact) mass is 344 g/mol. The van der Waals surface area contributed by atoms with Gasteiger partial charge in [0.1, 0.15) is 0 Å². The zero-order chi connectivity index (χ0) is 16.6. The highest BCUT2D eigenvalue weighted by molar-refractivity contribution is 7.89. The van der Waals surface area contributed by atoms with Gasteiger partial charge in [-0.05, 0) is 24.1 Å². The van der Waals surface area contributed by atoms with Crippen LogP contribution >= 0.6 is 0 Å². The Kier molecular flexibility index (Phi) is 4.12. The lowest BCUT2D eigenvalue weighted by Gasteiger charge is -2.31. The molecule has 1 aromatic heterocycles. The first-order chi connectivity index (χ1) is 11.7. The van der Waals surface area contributed by atoms with Gasteiger partial charge in [-0.15, -0.1) is 0 Å². The highest BCUT2D eigenvalue weighted by atomic mass is 32.2. The molecular formula is C18H20N2O3S. The SMILES string of the molecule is O=S(=O)(c1ccccn1)N1CC(c2ccccc2)C2COCCC21. The van der Waals surface area contributed by atoms with Crippen molar-refractivity contribution in [3.8, 4) is 0 Å². The summed E-state index contributed by atoms with van der Waals surface area (Å²) >= 11 is 0. The number of ether oxygens (including phenoxy) is 1. The van der Waals surface area contributed by atoms with E-state index in [-0.39, 0.29) is 22.9 Å². The smallest absolute Gasteiger partial charge is 0.260 e. The van der Waals surface area contributed by atoms with E-state index >= 15 is 0 Å². The molecule has 3 unspecified atom stereocenters. The topological polar surface area (TPSA) is 59.5 Å². The number of benzene rings is 1. The Morgan fingerprint density at radius 2 is 1.88 bits per heavy atom. The molecule has 24 heavy (non-hydrogen) atoms. The maximum atomic E-state index is 13.1. The Balaban J connectivity index is 1.71. The number of fused-ring (bicyclic) bond motifs is 1. The molecule has 4 rings (SSSR count). The molecular weight excluding hydrogens is 324 g/mol. The fourth-order valence-corrected chi connectivity index (χ4v) is 5.56. The molecule has 0 spiro atoms. The van der Waals surface area contributed by atoms with Crippen molar-refractivity contribution in [2.45, 2.75) is 23.4 Å². The minimum atomic E-state index is -3.58. The zero-order valence-electron chi connectivity index (χ0n) is 13.3. The summed E-state index contributed by atoms with van der Waals surface area (Å²) in [5, 5.41) is 0.129. The third kappa shape index (κ3) is 2.64. The van der Waals surface area contributed by atoms with Crippen LogP contribution in [0, 0.1) is 5.92 Å². The van der Waals surface area contributed by atoms with Gasteiger partial charge in [0.15, 0.2) is 5.03 Å². The number of pyridine rings is 1. The molecule has 2 aliphatic heterocycles. The molecule has 0 N–H and O–H groups in total. The van der Waals surface area contributed by atoms with Gasteiger partial charge in [0.05, 0.1) is 6.61 Å². The highest BCUT2D eigenvalue weighted by Gasteiger charge is 2.49. The first-order valence-electron chi connectivity index (χ1n) is 8.23. The van der Waals surface area contributed by atoms with E-state index in [1.165, 1.54) is 11.8 Å². The van der Waals surface area contributed by atoms with E-state index in [2.05, 4.69) is 17.1 Å². The normalized spacial score (nSPS) is 27.8. The lowest BCUT2D eigenvalue weighted by atomic mass is 9.84. The summed E-state index contributed by atoms with van der Waals surface area (Å²) in [7, 11) is -3.58. The van der Waals surface area contributed by atoms with Gasteiger partial charge < -0.3 is 4.74 Å². The van der Waals surface area contributed by atoms with Gasteiger partial charge in [-0.3, -0.25) is 0 Å².